The molecule has 150 valence electrons. The lowest BCUT2D eigenvalue weighted by Gasteiger charge is -2.13. The lowest BCUT2D eigenvalue weighted by molar-refractivity contribution is -0.123. The lowest BCUT2D eigenvalue weighted by atomic mass is 10.2. The molecule has 3 aromatic rings. The van der Waals surface area contributed by atoms with Gasteiger partial charge in [-0.2, -0.15) is 0 Å². The molecule has 0 saturated carbocycles. The van der Waals surface area contributed by atoms with Crippen LogP contribution in [0.4, 0.5) is 10.1 Å². The molecule has 9 heteroatoms. The summed E-state index contributed by atoms with van der Waals surface area (Å²) in [6.45, 7) is 1.40. The number of carbonyl (C=O) groups is 2. The van der Waals surface area contributed by atoms with Crippen molar-refractivity contribution < 1.29 is 23.5 Å². The van der Waals surface area contributed by atoms with Gasteiger partial charge < -0.3 is 14.8 Å². The van der Waals surface area contributed by atoms with E-state index in [0.717, 1.165) is 5.56 Å². The van der Waals surface area contributed by atoms with Crippen LogP contribution in [0, 0.1) is 5.82 Å². The second-order valence-electron chi connectivity index (χ2n) is 5.93. The molecule has 0 aliphatic carbocycles. The highest BCUT2D eigenvalue weighted by atomic mass is 79.9. The molecule has 1 atom stereocenters. The van der Waals surface area contributed by atoms with Gasteiger partial charge in [0.05, 0.1) is 12.8 Å². The Bertz CT molecular complexity index is 1040. The van der Waals surface area contributed by atoms with Crippen LogP contribution in [0.3, 0.4) is 0 Å². The highest BCUT2D eigenvalue weighted by Gasteiger charge is 2.22. The Morgan fingerprint density at radius 2 is 1.93 bits per heavy atom. The molecule has 3 rings (SSSR count). The summed E-state index contributed by atoms with van der Waals surface area (Å²) in [4.78, 5) is 28.8. The number of nitrogens with one attached hydrogen (secondary N) is 1. The summed E-state index contributed by atoms with van der Waals surface area (Å²) in [5.74, 6) is -1.27. The van der Waals surface area contributed by atoms with Gasteiger partial charge in [0, 0.05) is 15.4 Å². The number of nitrogens with zero attached hydrogens (tertiary/aromatic N) is 1. The Hall–Kier alpha value is -2.78. The third kappa shape index (κ3) is 5.18. The lowest BCUT2D eigenvalue weighted by Crippen LogP contribution is -2.30. The van der Waals surface area contributed by atoms with Crippen LogP contribution in [-0.4, -0.2) is 30.1 Å². The number of benzene rings is 2. The minimum absolute atomic E-state index is 0.00320. The normalized spacial score (nSPS) is 11.6. The first-order chi connectivity index (χ1) is 13.9. The number of aromatic nitrogens is 1. The molecule has 0 radical (unpaired) electrons. The van der Waals surface area contributed by atoms with Gasteiger partial charge >= 0.3 is 5.97 Å². The highest BCUT2D eigenvalue weighted by molar-refractivity contribution is 9.10. The van der Waals surface area contributed by atoms with Crippen LogP contribution in [0.2, 0.25) is 0 Å². The van der Waals surface area contributed by atoms with Crippen molar-refractivity contribution in [2.45, 2.75) is 13.0 Å². The van der Waals surface area contributed by atoms with Crippen LogP contribution in [0.25, 0.3) is 10.6 Å². The van der Waals surface area contributed by atoms with E-state index < -0.39 is 23.8 Å². The largest absolute Gasteiger partial charge is 0.497 e. The van der Waals surface area contributed by atoms with Crippen molar-refractivity contribution in [2.24, 2.45) is 0 Å². The van der Waals surface area contributed by atoms with Gasteiger partial charge in [-0.15, -0.1) is 11.3 Å². The van der Waals surface area contributed by atoms with Crippen LogP contribution in [-0.2, 0) is 9.53 Å². The maximum absolute atomic E-state index is 13.8. The number of thiazole rings is 1. The fourth-order valence-corrected chi connectivity index (χ4v) is 3.46. The Labute approximate surface area is 178 Å². The molecule has 0 bridgehead atoms. The van der Waals surface area contributed by atoms with E-state index in [-0.39, 0.29) is 11.4 Å². The monoisotopic (exact) mass is 478 g/mol. The number of amides is 1. The van der Waals surface area contributed by atoms with E-state index in [1.807, 2.05) is 12.1 Å². The molecule has 0 aliphatic heterocycles. The molecular formula is C20H16BrFN2O4S. The number of anilines is 1. The Balaban J connectivity index is 1.63. The van der Waals surface area contributed by atoms with E-state index in [2.05, 4.69) is 26.2 Å². The zero-order chi connectivity index (χ0) is 21.0. The molecular weight excluding hydrogens is 463 g/mol. The van der Waals surface area contributed by atoms with Crippen molar-refractivity contribution in [2.75, 3.05) is 12.4 Å². The Morgan fingerprint density at radius 3 is 2.59 bits per heavy atom. The van der Waals surface area contributed by atoms with E-state index in [1.165, 1.54) is 30.4 Å². The van der Waals surface area contributed by atoms with Gasteiger partial charge in [0.1, 0.15) is 16.6 Å². The molecule has 1 N–H and O–H groups in total. The first-order valence-electron chi connectivity index (χ1n) is 8.44. The van der Waals surface area contributed by atoms with Crippen molar-refractivity contribution in [3.8, 4) is 16.3 Å². The number of carbonyl (C=O) groups excluding carboxylic acids is 2. The number of halogens is 2. The van der Waals surface area contributed by atoms with Crippen LogP contribution < -0.4 is 10.1 Å². The molecule has 1 amide bonds. The van der Waals surface area contributed by atoms with Gasteiger partial charge in [-0.25, -0.2) is 14.2 Å². The average Bonchev–Trinajstić information content (AvgIpc) is 3.20. The van der Waals surface area contributed by atoms with Crippen molar-refractivity contribution in [3.05, 3.63) is 63.8 Å². The highest BCUT2D eigenvalue weighted by Crippen LogP contribution is 2.26. The molecule has 6 nitrogen and oxygen atoms in total. The van der Waals surface area contributed by atoms with Gasteiger partial charge in [0.2, 0.25) is 0 Å². The molecule has 1 heterocycles. The Morgan fingerprint density at radius 1 is 1.21 bits per heavy atom. The summed E-state index contributed by atoms with van der Waals surface area (Å²) in [5.41, 5.74) is 0.915. The third-order valence-electron chi connectivity index (χ3n) is 3.89. The summed E-state index contributed by atoms with van der Waals surface area (Å²) in [6.07, 6.45) is -1.13. The third-order valence-corrected chi connectivity index (χ3v) is 5.28. The number of rotatable bonds is 6. The topological polar surface area (TPSA) is 77.5 Å². The zero-order valence-corrected chi connectivity index (χ0v) is 17.8. The molecule has 0 spiro atoms. The molecule has 29 heavy (non-hydrogen) atoms. The van der Waals surface area contributed by atoms with E-state index in [4.69, 9.17) is 9.47 Å². The number of hydrogen-bond acceptors (Lipinski definition) is 6. The minimum atomic E-state index is -1.13. The molecule has 0 fully saturated rings. The number of esters is 1. The number of methoxy groups -OCH3 is 1. The van der Waals surface area contributed by atoms with Gasteiger partial charge in [0.15, 0.2) is 11.8 Å². The summed E-state index contributed by atoms with van der Waals surface area (Å²) < 4.78 is 24.7. The first kappa shape index (κ1) is 20.9. The van der Waals surface area contributed by atoms with E-state index >= 15 is 0 Å². The molecule has 0 saturated heterocycles. The molecule has 1 aromatic heterocycles. The van der Waals surface area contributed by atoms with Gasteiger partial charge in [-0.05, 0) is 49.4 Å². The van der Waals surface area contributed by atoms with Crippen molar-refractivity contribution >= 4 is 44.8 Å². The minimum Gasteiger partial charge on any atom is -0.497 e. The maximum atomic E-state index is 13.8. The average molecular weight is 479 g/mol. The van der Waals surface area contributed by atoms with Gasteiger partial charge in [0.25, 0.3) is 5.91 Å². The first-order valence-corrected chi connectivity index (χ1v) is 10.1. The van der Waals surface area contributed by atoms with E-state index in [0.29, 0.717) is 15.2 Å². The van der Waals surface area contributed by atoms with E-state index in [1.54, 1.807) is 30.7 Å². The number of hydrogen-bond donors (Lipinski definition) is 1. The van der Waals surface area contributed by atoms with Gasteiger partial charge in [-0.1, -0.05) is 15.9 Å². The summed E-state index contributed by atoms with van der Waals surface area (Å²) in [7, 11) is 1.58. The summed E-state index contributed by atoms with van der Waals surface area (Å²) in [5, 5.41) is 4.58. The van der Waals surface area contributed by atoms with Crippen LogP contribution in [0.5, 0.6) is 5.75 Å². The van der Waals surface area contributed by atoms with Gasteiger partial charge in [-0.3, -0.25) is 4.79 Å². The summed E-state index contributed by atoms with van der Waals surface area (Å²) in [6, 6.07) is 11.5. The molecule has 1 unspecified atom stereocenters. The summed E-state index contributed by atoms with van der Waals surface area (Å²) >= 11 is 4.42. The van der Waals surface area contributed by atoms with Crippen LogP contribution >= 0.6 is 27.3 Å². The predicted octanol–water partition coefficient (Wildman–Crippen LogP) is 4.90. The van der Waals surface area contributed by atoms with Crippen LogP contribution in [0.15, 0.2) is 52.3 Å². The van der Waals surface area contributed by atoms with Crippen molar-refractivity contribution in [1.29, 1.82) is 0 Å². The molecule has 2 aromatic carbocycles. The second kappa shape index (κ2) is 9.15. The Kier molecular flexibility index (Phi) is 6.60. The second-order valence-corrected chi connectivity index (χ2v) is 7.70. The predicted molar refractivity (Wildman–Crippen MR) is 112 cm³/mol. The van der Waals surface area contributed by atoms with E-state index in [9.17, 15) is 14.0 Å². The standard InChI is InChI=1S/C20H16BrFN2O4S/c1-11(18(25)23-16-8-5-13(21)9-15(16)22)28-20(26)17-10-29-19(24-17)12-3-6-14(27-2)7-4-12/h3-11H,1-2H3,(H,23,25). The smallest absolute Gasteiger partial charge is 0.358 e. The van der Waals surface area contributed by atoms with Crippen LogP contribution in [0.1, 0.15) is 17.4 Å². The maximum Gasteiger partial charge on any atom is 0.358 e. The SMILES string of the molecule is COc1ccc(-c2nc(C(=O)OC(C)C(=O)Nc3ccc(Br)cc3F)cs2)cc1. The molecule has 0 aliphatic rings. The number of ether oxygens (including phenoxy) is 2. The van der Waals surface area contributed by atoms with Crippen molar-refractivity contribution in [3.63, 3.8) is 0 Å². The van der Waals surface area contributed by atoms with Crippen molar-refractivity contribution in [1.82, 2.24) is 4.98 Å². The quantitative estimate of drug-likeness (QED) is 0.509. The fraction of sp³-hybridized carbons (Fsp3) is 0.150. The fourth-order valence-electron chi connectivity index (χ4n) is 2.33. The zero-order valence-electron chi connectivity index (χ0n) is 15.4.